The van der Waals surface area contributed by atoms with E-state index in [1.165, 1.54) is 18.2 Å². The molecule has 2 N–H and O–H groups in total. The molecular formula is C22H19NO8S. The van der Waals surface area contributed by atoms with Crippen LogP contribution in [0, 0.1) is 0 Å². The number of carbonyl (C=O) groups excluding carboxylic acids is 2. The highest BCUT2D eigenvalue weighted by molar-refractivity contribution is 8.18. The minimum Gasteiger partial charge on any atom is -0.490 e. The van der Waals surface area contributed by atoms with Gasteiger partial charge < -0.3 is 19.7 Å². The van der Waals surface area contributed by atoms with Crippen molar-refractivity contribution in [3.63, 3.8) is 0 Å². The van der Waals surface area contributed by atoms with Crippen LogP contribution in [0.1, 0.15) is 28.4 Å². The van der Waals surface area contributed by atoms with Crippen LogP contribution in [0.4, 0.5) is 4.79 Å². The summed E-state index contributed by atoms with van der Waals surface area (Å²) < 4.78 is 11.4. The molecule has 0 aromatic heterocycles. The highest BCUT2D eigenvalue weighted by atomic mass is 32.2. The lowest BCUT2D eigenvalue weighted by Gasteiger charge is -2.13. The Morgan fingerprint density at radius 1 is 1.03 bits per heavy atom. The molecule has 1 heterocycles. The van der Waals surface area contributed by atoms with E-state index in [1.54, 1.807) is 37.3 Å². The fraction of sp³-hybridized carbons (Fsp3) is 0.182. The molecule has 32 heavy (non-hydrogen) atoms. The maximum atomic E-state index is 12.3. The molecule has 0 saturated carbocycles. The molecule has 3 rings (SSSR count). The summed E-state index contributed by atoms with van der Waals surface area (Å²) in [7, 11) is 0. The molecule has 0 aliphatic carbocycles. The van der Waals surface area contributed by atoms with E-state index in [-0.39, 0.29) is 17.1 Å². The van der Waals surface area contributed by atoms with Gasteiger partial charge in [0.05, 0.1) is 17.1 Å². The van der Waals surface area contributed by atoms with E-state index in [9.17, 15) is 19.2 Å². The first-order chi connectivity index (χ1) is 15.3. The Hall–Kier alpha value is -3.79. The number of benzene rings is 2. The molecule has 166 valence electrons. The minimum atomic E-state index is -1.27. The van der Waals surface area contributed by atoms with Gasteiger partial charge in [0, 0.05) is 0 Å². The van der Waals surface area contributed by atoms with E-state index in [0.29, 0.717) is 40.3 Å². The summed E-state index contributed by atoms with van der Waals surface area (Å²) in [6.45, 7) is 1.67. The maximum absolute atomic E-state index is 12.3. The lowest BCUT2D eigenvalue weighted by Crippen LogP contribution is -2.33. The molecule has 1 fully saturated rings. The van der Waals surface area contributed by atoms with Crippen molar-refractivity contribution >= 4 is 40.9 Å². The van der Waals surface area contributed by atoms with Crippen LogP contribution in [-0.4, -0.2) is 51.3 Å². The number of hydrogen-bond donors (Lipinski definition) is 2. The molecule has 0 unspecified atom stereocenters. The van der Waals surface area contributed by atoms with Crippen LogP contribution >= 0.6 is 11.8 Å². The monoisotopic (exact) mass is 457 g/mol. The Labute approximate surface area is 187 Å². The van der Waals surface area contributed by atoms with E-state index >= 15 is 0 Å². The van der Waals surface area contributed by atoms with Crippen molar-refractivity contribution < 1.29 is 38.9 Å². The van der Waals surface area contributed by atoms with Gasteiger partial charge in [-0.15, -0.1) is 0 Å². The summed E-state index contributed by atoms with van der Waals surface area (Å²) in [5, 5.41) is 17.2. The average Bonchev–Trinajstić information content (AvgIpc) is 3.00. The summed E-state index contributed by atoms with van der Waals surface area (Å²) in [6, 6.07) is 11.3. The van der Waals surface area contributed by atoms with Gasteiger partial charge in [0.1, 0.15) is 13.2 Å². The predicted octanol–water partition coefficient (Wildman–Crippen LogP) is 3.48. The van der Waals surface area contributed by atoms with Crippen LogP contribution in [0.3, 0.4) is 0 Å². The van der Waals surface area contributed by atoms with Crippen LogP contribution in [0.2, 0.25) is 0 Å². The van der Waals surface area contributed by atoms with E-state index in [4.69, 9.17) is 19.7 Å². The second-order valence-electron chi connectivity index (χ2n) is 6.59. The van der Waals surface area contributed by atoms with Gasteiger partial charge in [-0.05, 0) is 60.2 Å². The number of nitrogens with zero attached hydrogens (tertiary/aromatic N) is 1. The first-order valence-electron chi connectivity index (χ1n) is 9.47. The van der Waals surface area contributed by atoms with Crippen LogP contribution < -0.4 is 9.47 Å². The number of aromatic carboxylic acids is 1. The average molecular weight is 457 g/mol. The Kier molecular flexibility index (Phi) is 7.16. The largest absolute Gasteiger partial charge is 0.490 e. The Morgan fingerprint density at radius 2 is 1.75 bits per heavy atom. The quantitative estimate of drug-likeness (QED) is 0.543. The fourth-order valence-corrected chi connectivity index (χ4v) is 3.67. The van der Waals surface area contributed by atoms with E-state index in [1.807, 2.05) is 0 Å². The molecular weight excluding hydrogens is 438 g/mol. The van der Waals surface area contributed by atoms with Crippen LogP contribution in [0.15, 0.2) is 47.4 Å². The van der Waals surface area contributed by atoms with Crippen LogP contribution in [0.25, 0.3) is 6.08 Å². The van der Waals surface area contributed by atoms with E-state index in [0.717, 1.165) is 5.56 Å². The number of carboxylic acids is 2. The molecule has 1 saturated heterocycles. The van der Waals surface area contributed by atoms with Gasteiger partial charge in [-0.3, -0.25) is 19.3 Å². The summed E-state index contributed by atoms with van der Waals surface area (Å²) >= 11 is 0.674. The Bertz CT molecular complexity index is 1090. The zero-order valence-electron chi connectivity index (χ0n) is 16.9. The summed E-state index contributed by atoms with van der Waals surface area (Å²) in [5.74, 6) is -2.07. The molecule has 2 amide bonds. The predicted molar refractivity (Wildman–Crippen MR) is 116 cm³/mol. The lowest BCUT2D eigenvalue weighted by molar-refractivity contribution is -0.140. The van der Waals surface area contributed by atoms with Crippen LogP contribution in [0.5, 0.6) is 11.5 Å². The first kappa shape index (κ1) is 22.9. The summed E-state index contributed by atoms with van der Waals surface area (Å²) in [4.78, 5) is 46.8. The molecule has 0 spiro atoms. The van der Waals surface area contributed by atoms with Crippen molar-refractivity contribution in [2.24, 2.45) is 0 Å². The van der Waals surface area contributed by atoms with E-state index < -0.39 is 29.6 Å². The smallest absolute Gasteiger partial charge is 0.335 e. The highest BCUT2D eigenvalue weighted by Gasteiger charge is 2.36. The highest BCUT2D eigenvalue weighted by Crippen LogP contribution is 2.34. The fourth-order valence-electron chi connectivity index (χ4n) is 2.83. The van der Waals surface area contributed by atoms with Crippen molar-refractivity contribution in [2.75, 3.05) is 13.2 Å². The molecule has 0 bridgehead atoms. The number of carboxylic acid groups (broad SMARTS) is 2. The molecule has 10 heteroatoms. The summed E-state index contributed by atoms with van der Waals surface area (Å²) in [6.07, 6.45) is 1.49. The normalized spacial score (nSPS) is 14.7. The van der Waals surface area contributed by atoms with E-state index in [2.05, 4.69) is 0 Å². The second-order valence-corrected chi connectivity index (χ2v) is 7.58. The molecule has 0 radical (unpaired) electrons. The number of ether oxygens (including phenoxy) is 2. The zero-order valence-corrected chi connectivity index (χ0v) is 17.8. The van der Waals surface area contributed by atoms with Gasteiger partial charge >= 0.3 is 11.9 Å². The lowest BCUT2D eigenvalue weighted by atomic mass is 10.1. The van der Waals surface area contributed by atoms with Crippen molar-refractivity contribution in [3.05, 3.63) is 64.1 Å². The van der Waals surface area contributed by atoms with Crippen molar-refractivity contribution in [3.8, 4) is 11.5 Å². The minimum absolute atomic E-state index is 0.117. The van der Waals surface area contributed by atoms with Crippen molar-refractivity contribution in [1.29, 1.82) is 0 Å². The number of amides is 2. The molecule has 1 aliphatic heterocycles. The van der Waals surface area contributed by atoms with Gasteiger partial charge in [-0.1, -0.05) is 18.2 Å². The van der Waals surface area contributed by atoms with Crippen LogP contribution in [-0.2, 0) is 16.2 Å². The standard InChI is InChI=1S/C22H19NO8S/c1-2-30-17-9-14(10-18-20(26)23(11-19(24)25)22(29)32-18)5-8-16(17)31-12-13-3-6-15(7-4-13)21(27)28/h3-10H,2,11-12H2,1H3,(H,24,25)(H,27,28)/b18-10+. The number of thioether (sulfide) groups is 1. The third-order valence-corrected chi connectivity index (χ3v) is 5.23. The second kappa shape index (κ2) is 10.0. The molecule has 0 atom stereocenters. The Balaban J connectivity index is 1.76. The van der Waals surface area contributed by atoms with Crippen molar-refractivity contribution in [2.45, 2.75) is 13.5 Å². The third kappa shape index (κ3) is 5.46. The maximum Gasteiger partial charge on any atom is 0.335 e. The molecule has 9 nitrogen and oxygen atoms in total. The van der Waals surface area contributed by atoms with Gasteiger partial charge in [0.15, 0.2) is 11.5 Å². The zero-order chi connectivity index (χ0) is 23.3. The molecule has 2 aromatic carbocycles. The first-order valence-corrected chi connectivity index (χ1v) is 10.3. The SMILES string of the molecule is CCOc1cc(/C=C2/SC(=O)N(CC(=O)O)C2=O)ccc1OCc1ccc(C(=O)O)cc1. The number of rotatable bonds is 9. The number of aliphatic carboxylic acids is 1. The van der Waals surface area contributed by atoms with Gasteiger partial charge in [-0.2, -0.15) is 0 Å². The molecule has 2 aromatic rings. The van der Waals surface area contributed by atoms with Crippen molar-refractivity contribution in [1.82, 2.24) is 4.90 Å². The van der Waals surface area contributed by atoms with Gasteiger partial charge in [0.25, 0.3) is 11.1 Å². The number of hydrogen-bond acceptors (Lipinski definition) is 7. The summed E-state index contributed by atoms with van der Waals surface area (Å²) in [5.41, 5.74) is 1.53. The number of imide groups is 1. The molecule has 1 aliphatic rings. The number of carbonyl (C=O) groups is 4. The topological polar surface area (TPSA) is 130 Å². The van der Waals surface area contributed by atoms with Gasteiger partial charge in [0.2, 0.25) is 0 Å². The third-order valence-electron chi connectivity index (χ3n) is 4.33. The Morgan fingerprint density at radius 3 is 2.38 bits per heavy atom. The van der Waals surface area contributed by atoms with Gasteiger partial charge in [-0.25, -0.2) is 4.79 Å².